The van der Waals surface area contributed by atoms with Crippen molar-refractivity contribution < 1.29 is 19.1 Å². The number of benzene rings is 3. The molecule has 4 rings (SSSR count). The van der Waals surface area contributed by atoms with E-state index in [1.54, 1.807) is 6.08 Å². The van der Waals surface area contributed by atoms with E-state index in [9.17, 15) is 4.79 Å². The van der Waals surface area contributed by atoms with Crippen molar-refractivity contribution in [3.63, 3.8) is 0 Å². The summed E-state index contributed by atoms with van der Waals surface area (Å²) in [5.74, 6) is 0.709. The van der Waals surface area contributed by atoms with E-state index in [-0.39, 0.29) is 0 Å². The summed E-state index contributed by atoms with van der Waals surface area (Å²) in [5, 5.41) is 3.96. The molecule has 0 amide bonds. The zero-order chi connectivity index (χ0) is 21.6. The van der Waals surface area contributed by atoms with Gasteiger partial charge in [-0.15, -0.1) is 0 Å². The number of hydrogen-bond acceptors (Lipinski definition) is 5. The Kier molecular flexibility index (Phi) is 6.48. The van der Waals surface area contributed by atoms with Crippen LogP contribution < -0.4 is 9.47 Å². The Bertz CT molecular complexity index is 1140. The van der Waals surface area contributed by atoms with E-state index in [0.29, 0.717) is 36.0 Å². The molecule has 0 fully saturated rings. The van der Waals surface area contributed by atoms with Gasteiger partial charge in [0.05, 0.1) is 16.7 Å². The molecule has 3 aromatic carbocycles. The third kappa shape index (κ3) is 4.86. The Labute approximate surface area is 189 Å². The smallest absolute Gasteiger partial charge is 0.368 e. The maximum absolute atomic E-state index is 12.3. The molecule has 0 atom stereocenters. The molecule has 0 spiro atoms. The van der Waals surface area contributed by atoms with Crippen molar-refractivity contribution in [1.29, 1.82) is 0 Å². The highest BCUT2D eigenvalue weighted by Gasteiger charge is 2.27. The lowest BCUT2D eigenvalue weighted by Gasteiger charge is -2.15. The lowest BCUT2D eigenvalue weighted by molar-refractivity contribution is -0.136. The Hall–Kier alpha value is -3.38. The largest absolute Gasteiger partial charge is 0.490 e. The number of rotatable bonds is 7. The molecule has 0 unspecified atom stereocenters. The summed E-state index contributed by atoms with van der Waals surface area (Å²) in [6.45, 7) is 2.80. The minimum Gasteiger partial charge on any atom is -0.490 e. The summed E-state index contributed by atoms with van der Waals surface area (Å²) >= 11 is 3.59. The molecule has 6 heteroatoms. The maximum atomic E-state index is 12.3. The monoisotopic (exact) mass is 477 g/mol. The molecule has 0 saturated carbocycles. The number of hydrogen-bond donors (Lipinski definition) is 0. The molecule has 156 valence electrons. The lowest BCUT2D eigenvalue weighted by Crippen LogP contribution is -2.07. The van der Waals surface area contributed by atoms with Crippen molar-refractivity contribution in [2.45, 2.75) is 13.5 Å². The highest BCUT2D eigenvalue weighted by Crippen LogP contribution is 2.38. The molecule has 5 nitrogen and oxygen atoms in total. The second kappa shape index (κ2) is 9.62. The minimum absolute atomic E-state index is 0.388. The highest BCUT2D eigenvalue weighted by atomic mass is 79.9. The summed E-state index contributed by atoms with van der Waals surface area (Å²) in [7, 11) is 0. The summed E-state index contributed by atoms with van der Waals surface area (Å²) in [5.41, 5.74) is 3.52. The Morgan fingerprint density at radius 2 is 1.71 bits per heavy atom. The van der Waals surface area contributed by atoms with Gasteiger partial charge in [0.2, 0.25) is 0 Å². The number of ether oxygens (including phenoxy) is 2. The number of oxime groups is 1. The fourth-order valence-corrected chi connectivity index (χ4v) is 3.76. The fraction of sp³-hybridized carbons (Fsp3) is 0.120. The van der Waals surface area contributed by atoms with Gasteiger partial charge in [0.1, 0.15) is 12.3 Å². The van der Waals surface area contributed by atoms with Gasteiger partial charge in [-0.3, -0.25) is 0 Å². The van der Waals surface area contributed by atoms with Gasteiger partial charge in [-0.2, -0.15) is 0 Å². The van der Waals surface area contributed by atoms with Crippen LogP contribution in [-0.2, 0) is 16.2 Å². The van der Waals surface area contributed by atoms with Crippen LogP contribution in [-0.4, -0.2) is 18.3 Å². The first-order valence-corrected chi connectivity index (χ1v) is 10.6. The van der Waals surface area contributed by atoms with E-state index in [0.717, 1.165) is 21.2 Å². The van der Waals surface area contributed by atoms with Crippen molar-refractivity contribution >= 4 is 33.7 Å². The number of carbonyl (C=O) groups excluding carboxylic acids is 1. The van der Waals surface area contributed by atoms with Crippen LogP contribution in [0.5, 0.6) is 11.5 Å². The van der Waals surface area contributed by atoms with Gasteiger partial charge in [-0.25, -0.2) is 4.79 Å². The average Bonchev–Trinajstić information content (AvgIpc) is 3.15. The van der Waals surface area contributed by atoms with Crippen LogP contribution in [0.15, 0.2) is 88.0 Å². The summed E-state index contributed by atoms with van der Waals surface area (Å²) in [6.07, 6.45) is 1.75. The molecular formula is C25H20BrNO4. The standard InChI is InChI=1S/C25H20BrNO4/c1-2-29-22-15-18(14-21(26)24(22)30-16-17-9-5-3-6-10-17)13-20-23(27-31-25(20)28)19-11-7-4-8-12-19/h3-15H,2,16H2,1H3/b20-13-. The molecule has 0 aliphatic carbocycles. The Morgan fingerprint density at radius 3 is 2.42 bits per heavy atom. The van der Waals surface area contributed by atoms with Crippen molar-refractivity contribution in [1.82, 2.24) is 0 Å². The van der Waals surface area contributed by atoms with E-state index < -0.39 is 5.97 Å². The molecule has 0 aromatic heterocycles. The summed E-state index contributed by atoms with van der Waals surface area (Å²) < 4.78 is 12.6. The van der Waals surface area contributed by atoms with Gasteiger partial charge in [0, 0.05) is 5.56 Å². The van der Waals surface area contributed by atoms with E-state index in [4.69, 9.17) is 14.3 Å². The van der Waals surface area contributed by atoms with E-state index in [2.05, 4.69) is 21.1 Å². The molecule has 0 radical (unpaired) electrons. The van der Waals surface area contributed by atoms with E-state index >= 15 is 0 Å². The van der Waals surface area contributed by atoms with Gasteiger partial charge >= 0.3 is 5.97 Å². The predicted molar refractivity (Wildman–Crippen MR) is 123 cm³/mol. The van der Waals surface area contributed by atoms with Gasteiger partial charge in [0.25, 0.3) is 0 Å². The van der Waals surface area contributed by atoms with Crippen LogP contribution in [0.1, 0.15) is 23.6 Å². The molecular weight excluding hydrogens is 458 g/mol. The van der Waals surface area contributed by atoms with Gasteiger partial charge in [-0.05, 0) is 52.2 Å². The molecule has 0 bridgehead atoms. The number of nitrogens with zero attached hydrogens (tertiary/aromatic N) is 1. The average molecular weight is 478 g/mol. The van der Waals surface area contributed by atoms with Crippen molar-refractivity contribution in [3.8, 4) is 11.5 Å². The first-order valence-electron chi connectivity index (χ1n) is 9.85. The van der Waals surface area contributed by atoms with Crippen molar-refractivity contribution in [3.05, 3.63) is 99.5 Å². The van der Waals surface area contributed by atoms with Crippen LogP contribution in [0, 0.1) is 0 Å². The van der Waals surface area contributed by atoms with Crippen LogP contribution in [0.25, 0.3) is 6.08 Å². The fourth-order valence-electron chi connectivity index (χ4n) is 3.18. The van der Waals surface area contributed by atoms with Crippen LogP contribution in [0.4, 0.5) is 0 Å². The van der Waals surface area contributed by atoms with Gasteiger partial charge in [0.15, 0.2) is 11.5 Å². The predicted octanol–water partition coefficient (Wildman–Crippen LogP) is 5.77. The van der Waals surface area contributed by atoms with Gasteiger partial charge in [-0.1, -0.05) is 65.8 Å². The molecule has 0 N–H and O–H groups in total. The van der Waals surface area contributed by atoms with E-state index in [1.165, 1.54) is 0 Å². The molecule has 1 aliphatic rings. The second-order valence-corrected chi connectivity index (χ2v) is 7.63. The second-order valence-electron chi connectivity index (χ2n) is 6.78. The first-order chi connectivity index (χ1) is 15.2. The normalized spacial score (nSPS) is 14.3. The molecule has 1 heterocycles. The maximum Gasteiger partial charge on any atom is 0.368 e. The summed E-state index contributed by atoms with van der Waals surface area (Å²) in [4.78, 5) is 17.2. The lowest BCUT2D eigenvalue weighted by atomic mass is 10.0. The van der Waals surface area contributed by atoms with Crippen LogP contribution in [0.2, 0.25) is 0 Å². The molecule has 3 aromatic rings. The Balaban J connectivity index is 1.65. The number of halogens is 1. The molecule has 1 aliphatic heterocycles. The number of carbonyl (C=O) groups is 1. The van der Waals surface area contributed by atoms with Crippen molar-refractivity contribution in [2.75, 3.05) is 6.61 Å². The third-order valence-electron chi connectivity index (χ3n) is 4.61. The van der Waals surface area contributed by atoms with Crippen LogP contribution in [0.3, 0.4) is 0 Å². The quantitative estimate of drug-likeness (QED) is 0.320. The first kappa shape index (κ1) is 20.9. The highest BCUT2D eigenvalue weighted by molar-refractivity contribution is 9.10. The van der Waals surface area contributed by atoms with E-state index in [1.807, 2.05) is 79.7 Å². The summed E-state index contributed by atoms with van der Waals surface area (Å²) in [6, 6.07) is 23.1. The third-order valence-corrected chi connectivity index (χ3v) is 5.20. The molecule has 0 saturated heterocycles. The topological polar surface area (TPSA) is 57.1 Å². The van der Waals surface area contributed by atoms with Crippen molar-refractivity contribution in [2.24, 2.45) is 5.16 Å². The zero-order valence-corrected chi connectivity index (χ0v) is 18.5. The Morgan fingerprint density at radius 1 is 1.00 bits per heavy atom. The zero-order valence-electron chi connectivity index (χ0n) is 16.9. The minimum atomic E-state index is -0.489. The van der Waals surface area contributed by atoms with Crippen LogP contribution >= 0.6 is 15.9 Å². The SMILES string of the molecule is CCOc1cc(/C=C2\C(=O)ON=C2c2ccccc2)cc(Br)c1OCc1ccccc1. The molecule has 31 heavy (non-hydrogen) atoms. The van der Waals surface area contributed by atoms with Gasteiger partial charge < -0.3 is 14.3 Å².